The minimum atomic E-state index is 0.580. The first-order valence-electron chi connectivity index (χ1n) is 7.72. The molecular weight excluding hydrogens is 358 g/mol. The molecule has 25 heavy (non-hydrogen) atoms. The van der Waals surface area contributed by atoms with E-state index < -0.39 is 0 Å². The molecule has 1 aromatic heterocycles. The Morgan fingerprint density at radius 2 is 1.68 bits per heavy atom. The summed E-state index contributed by atoms with van der Waals surface area (Å²) in [6, 6.07) is 15.1. The largest absolute Gasteiger partial charge is 0.497 e. The molecule has 0 radical (unpaired) electrons. The maximum atomic E-state index is 5.86. The van der Waals surface area contributed by atoms with Crippen molar-refractivity contribution in [2.75, 3.05) is 19.5 Å². The highest BCUT2D eigenvalue weighted by Gasteiger charge is 2.11. The summed E-state index contributed by atoms with van der Waals surface area (Å²) in [6.07, 6.45) is 0. The summed E-state index contributed by atoms with van der Waals surface area (Å²) in [5.41, 5.74) is 1.00. The van der Waals surface area contributed by atoms with Crippen LogP contribution >= 0.6 is 23.4 Å². The predicted octanol–water partition coefficient (Wildman–Crippen LogP) is 4.32. The van der Waals surface area contributed by atoms with Gasteiger partial charge in [-0.1, -0.05) is 23.4 Å². The van der Waals surface area contributed by atoms with Gasteiger partial charge in [0, 0.05) is 23.4 Å². The molecule has 3 rings (SSSR count). The third-order valence-electron chi connectivity index (χ3n) is 3.58. The Balaban J connectivity index is 1.56. The molecule has 1 heterocycles. The van der Waals surface area contributed by atoms with E-state index in [0.717, 1.165) is 33.8 Å². The SMILES string of the molecule is COc1ccc(-c2nnc(SCCOc3ccc(Cl)cc3)n2C)cc1. The van der Waals surface area contributed by atoms with E-state index in [1.807, 2.05) is 60.1 Å². The van der Waals surface area contributed by atoms with E-state index in [9.17, 15) is 0 Å². The van der Waals surface area contributed by atoms with Crippen LogP contribution in [0.5, 0.6) is 11.5 Å². The van der Waals surface area contributed by atoms with Crippen LogP contribution < -0.4 is 9.47 Å². The molecule has 2 aromatic carbocycles. The van der Waals surface area contributed by atoms with Gasteiger partial charge in [0.2, 0.25) is 0 Å². The fraction of sp³-hybridized carbons (Fsp3) is 0.222. The molecule has 0 amide bonds. The van der Waals surface area contributed by atoms with Crippen molar-refractivity contribution in [3.63, 3.8) is 0 Å². The van der Waals surface area contributed by atoms with Gasteiger partial charge in [-0.3, -0.25) is 0 Å². The molecule has 0 atom stereocenters. The van der Waals surface area contributed by atoms with Crippen molar-refractivity contribution in [3.05, 3.63) is 53.6 Å². The van der Waals surface area contributed by atoms with Gasteiger partial charge in [-0.25, -0.2) is 0 Å². The summed E-state index contributed by atoms with van der Waals surface area (Å²) in [7, 11) is 3.61. The van der Waals surface area contributed by atoms with Gasteiger partial charge in [0.25, 0.3) is 0 Å². The van der Waals surface area contributed by atoms with Gasteiger partial charge >= 0.3 is 0 Å². The zero-order valence-corrected chi connectivity index (χ0v) is 15.5. The Morgan fingerprint density at radius 3 is 2.36 bits per heavy atom. The minimum Gasteiger partial charge on any atom is -0.497 e. The summed E-state index contributed by atoms with van der Waals surface area (Å²) < 4.78 is 12.9. The monoisotopic (exact) mass is 375 g/mol. The molecular formula is C18H18ClN3O2S. The lowest BCUT2D eigenvalue weighted by Gasteiger charge is -2.07. The van der Waals surface area contributed by atoms with Gasteiger partial charge in [-0.05, 0) is 48.5 Å². The highest BCUT2D eigenvalue weighted by atomic mass is 35.5. The topological polar surface area (TPSA) is 49.2 Å². The Labute approximate surface area is 155 Å². The van der Waals surface area contributed by atoms with Crippen molar-refractivity contribution in [2.45, 2.75) is 5.16 Å². The molecule has 130 valence electrons. The molecule has 0 saturated heterocycles. The van der Waals surface area contributed by atoms with Crippen LogP contribution in [0, 0.1) is 0 Å². The molecule has 0 aliphatic rings. The molecule has 3 aromatic rings. The molecule has 7 heteroatoms. The van der Waals surface area contributed by atoms with E-state index >= 15 is 0 Å². The normalized spacial score (nSPS) is 10.7. The fourth-order valence-electron chi connectivity index (χ4n) is 2.26. The quantitative estimate of drug-likeness (QED) is 0.454. The number of benzene rings is 2. The average Bonchev–Trinajstić information content (AvgIpc) is 3.01. The predicted molar refractivity (Wildman–Crippen MR) is 101 cm³/mol. The Kier molecular flexibility index (Phi) is 5.83. The highest BCUT2D eigenvalue weighted by molar-refractivity contribution is 7.99. The second kappa shape index (κ2) is 8.27. The first-order chi connectivity index (χ1) is 12.2. The van der Waals surface area contributed by atoms with Gasteiger partial charge in [0.15, 0.2) is 11.0 Å². The summed E-state index contributed by atoms with van der Waals surface area (Å²) >= 11 is 7.46. The Hall–Kier alpha value is -2.18. The highest BCUT2D eigenvalue weighted by Crippen LogP contribution is 2.24. The summed E-state index contributed by atoms with van der Waals surface area (Å²) in [4.78, 5) is 0. The number of halogens is 1. The summed E-state index contributed by atoms with van der Waals surface area (Å²) in [5.74, 6) is 3.22. The van der Waals surface area contributed by atoms with Crippen LogP contribution in [-0.4, -0.2) is 34.2 Å². The van der Waals surface area contributed by atoms with E-state index in [1.165, 1.54) is 0 Å². The molecule has 0 aliphatic heterocycles. The van der Waals surface area contributed by atoms with Crippen molar-refractivity contribution in [2.24, 2.45) is 7.05 Å². The maximum Gasteiger partial charge on any atom is 0.191 e. The first kappa shape index (κ1) is 17.6. The lowest BCUT2D eigenvalue weighted by molar-refractivity contribution is 0.344. The zero-order chi connectivity index (χ0) is 17.6. The van der Waals surface area contributed by atoms with Gasteiger partial charge in [0.1, 0.15) is 11.5 Å². The van der Waals surface area contributed by atoms with Crippen LogP contribution in [0.3, 0.4) is 0 Å². The number of hydrogen-bond donors (Lipinski definition) is 0. The summed E-state index contributed by atoms with van der Waals surface area (Å²) in [5, 5.41) is 10.1. The second-order valence-electron chi connectivity index (χ2n) is 5.24. The molecule has 0 aliphatic carbocycles. The Morgan fingerprint density at radius 1 is 1.00 bits per heavy atom. The number of methoxy groups -OCH3 is 1. The molecule has 0 fully saturated rings. The molecule has 0 saturated carbocycles. The van der Waals surface area contributed by atoms with E-state index in [4.69, 9.17) is 21.1 Å². The smallest absolute Gasteiger partial charge is 0.191 e. The molecule has 0 bridgehead atoms. The minimum absolute atomic E-state index is 0.580. The standard InChI is InChI=1S/C18H18ClN3O2S/c1-22-17(13-3-7-15(23-2)8-4-13)20-21-18(22)25-12-11-24-16-9-5-14(19)6-10-16/h3-10H,11-12H2,1-2H3. The van der Waals surface area contributed by atoms with Crippen LogP contribution in [0.4, 0.5) is 0 Å². The first-order valence-corrected chi connectivity index (χ1v) is 9.08. The van der Waals surface area contributed by atoms with Crippen LogP contribution in [0.2, 0.25) is 5.02 Å². The number of nitrogens with zero attached hydrogens (tertiary/aromatic N) is 3. The fourth-order valence-corrected chi connectivity index (χ4v) is 3.11. The Bertz CT molecular complexity index is 819. The van der Waals surface area contributed by atoms with E-state index in [-0.39, 0.29) is 0 Å². The number of thioether (sulfide) groups is 1. The lowest BCUT2D eigenvalue weighted by atomic mass is 10.2. The number of ether oxygens (including phenoxy) is 2. The summed E-state index contributed by atoms with van der Waals surface area (Å²) in [6.45, 7) is 0.580. The van der Waals surface area contributed by atoms with Crippen molar-refractivity contribution >= 4 is 23.4 Å². The van der Waals surface area contributed by atoms with Crippen LogP contribution in [0.15, 0.2) is 53.7 Å². The number of hydrogen-bond acceptors (Lipinski definition) is 5. The van der Waals surface area contributed by atoms with Crippen LogP contribution in [-0.2, 0) is 7.05 Å². The van der Waals surface area contributed by atoms with Crippen LogP contribution in [0.25, 0.3) is 11.4 Å². The van der Waals surface area contributed by atoms with Gasteiger partial charge in [-0.15, -0.1) is 10.2 Å². The molecule has 0 unspecified atom stereocenters. The van der Waals surface area contributed by atoms with E-state index in [2.05, 4.69) is 10.2 Å². The third-order valence-corrected chi connectivity index (χ3v) is 4.82. The maximum absolute atomic E-state index is 5.86. The third kappa shape index (κ3) is 4.46. The van der Waals surface area contributed by atoms with Gasteiger partial charge < -0.3 is 14.0 Å². The number of rotatable bonds is 7. The van der Waals surface area contributed by atoms with Gasteiger partial charge in [0.05, 0.1) is 13.7 Å². The van der Waals surface area contributed by atoms with Crippen molar-refractivity contribution in [1.82, 2.24) is 14.8 Å². The molecule has 5 nitrogen and oxygen atoms in total. The van der Waals surface area contributed by atoms with Crippen molar-refractivity contribution in [3.8, 4) is 22.9 Å². The van der Waals surface area contributed by atoms with Gasteiger partial charge in [-0.2, -0.15) is 0 Å². The zero-order valence-electron chi connectivity index (χ0n) is 14.0. The lowest BCUT2D eigenvalue weighted by Crippen LogP contribution is -2.02. The average molecular weight is 376 g/mol. The van der Waals surface area contributed by atoms with E-state index in [1.54, 1.807) is 18.9 Å². The molecule has 0 spiro atoms. The molecule has 0 N–H and O–H groups in total. The van der Waals surface area contributed by atoms with Crippen molar-refractivity contribution < 1.29 is 9.47 Å². The van der Waals surface area contributed by atoms with Crippen molar-refractivity contribution in [1.29, 1.82) is 0 Å². The second-order valence-corrected chi connectivity index (χ2v) is 6.74. The van der Waals surface area contributed by atoms with Crippen LogP contribution in [0.1, 0.15) is 0 Å². The van der Waals surface area contributed by atoms with E-state index in [0.29, 0.717) is 11.6 Å². The number of aromatic nitrogens is 3.